The van der Waals surface area contributed by atoms with Crippen molar-refractivity contribution in [1.82, 2.24) is 14.4 Å². The molecule has 210 valence electrons. The fourth-order valence-electron chi connectivity index (χ4n) is 5.18. The van der Waals surface area contributed by atoms with E-state index < -0.39 is 17.8 Å². The summed E-state index contributed by atoms with van der Waals surface area (Å²) in [5.74, 6) is -0.291. The fourth-order valence-corrected chi connectivity index (χ4v) is 5.18. The highest BCUT2D eigenvalue weighted by atomic mass is 19.3. The Hall–Kier alpha value is -4.08. The molecule has 0 saturated carbocycles. The Balaban J connectivity index is 1.39. The van der Waals surface area contributed by atoms with Gasteiger partial charge in [0.2, 0.25) is 0 Å². The number of anilines is 1. The number of nitrogens with zero attached hydrogens (tertiary/aromatic N) is 4. The molecule has 3 aromatic heterocycles. The number of halogens is 3. The Morgan fingerprint density at radius 1 is 1.12 bits per heavy atom. The van der Waals surface area contributed by atoms with Crippen molar-refractivity contribution in [2.24, 2.45) is 5.41 Å². The van der Waals surface area contributed by atoms with Gasteiger partial charge in [-0.05, 0) is 57.9 Å². The first-order valence-corrected chi connectivity index (χ1v) is 13.3. The summed E-state index contributed by atoms with van der Waals surface area (Å²) in [6, 6.07) is 11.8. The average Bonchev–Trinajstić information content (AvgIpc) is 3.24. The van der Waals surface area contributed by atoms with Crippen LogP contribution in [0.3, 0.4) is 0 Å². The molecule has 10 heteroatoms. The third-order valence-corrected chi connectivity index (χ3v) is 7.55. The predicted molar refractivity (Wildman–Crippen MR) is 145 cm³/mol. The minimum Gasteiger partial charge on any atom is -0.466 e. The molecule has 0 spiro atoms. The molecule has 4 aromatic rings. The maximum absolute atomic E-state index is 15.3. The summed E-state index contributed by atoms with van der Waals surface area (Å²) in [4.78, 5) is 23.3. The van der Waals surface area contributed by atoms with Gasteiger partial charge in [0.15, 0.2) is 11.6 Å². The zero-order valence-corrected chi connectivity index (χ0v) is 22.7. The number of ether oxygens (including phenoxy) is 2. The van der Waals surface area contributed by atoms with Gasteiger partial charge >= 0.3 is 12.6 Å². The number of para-hydroxylation sites is 1. The third kappa shape index (κ3) is 5.48. The largest absolute Gasteiger partial charge is 0.466 e. The van der Waals surface area contributed by atoms with E-state index in [1.807, 2.05) is 41.5 Å². The van der Waals surface area contributed by atoms with E-state index in [1.54, 1.807) is 31.3 Å². The topological polar surface area (TPSA) is 69.0 Å². The first-order chi connectivity index (χ1) is 19.2. The zero-order valence-electron chi connectivity index (χ0n) is 22.7. The van der Waals surface area contributed by atoms with Crippen LogP contribution in [0.2, 0.25) is 0 Å². The summed E-state index contributed by atoms with van der Waals surface area (Å²) in [7, 11) is 0. The van der Waals surface area contributed by atoms with Crippen LogP contribution in [0.25, 0.3) is 16.8 Å². The lowest BCUT2D eigenvalue weighted by molar-refractivity contribution is -0.155. The first kappa shape index (κ1) is 27.5. The van der Waals surface area contributed by atoms with E-state index in [-0.39, 0.29) is 17.5 Å². The Morgan fingerprint density at radius 2 is 1.88 bits per heavy atom. The number of hydrogen-bond acceptors (Lipinski definition) is 6. The van der Waals surface area contributed by atoms with Crippen molar-refractivity contribution in [2.45, 2.75) is 46.6 Å². The number of carbonyl (C=O) groups is 1. The second-order valence-corrected chi connectivity index (χ2v) is 10.3. The van der Waals surface area contributed by atoms with E-state index >= 15 is 4.39 Å². The number of piperidine rings is 1. The quantitative estimate of drug-likeness (QED) is 0.242. The van der Waals surface area contributed by atoms with Crippen molar-refractivity contribution in [3.63, 3.8) is 0 Å². The van der Waals surface area contributed by atoms with Gasteiger partial charge in [-0.2, -0.15) is 8.78 Å². The van der Waals surface area contributed by atoms with Crippen molar-refractivity contribution in [1.29, 1.82) is 0 Å². The minimum atomic E-state index is -2.92. The number of alkyl halides is 2. The van der Waals surface area contributed by atoms with E-state index in [4.69, 9.17) is 9.47 Å². The van der Waals surface area contributed by atoms with Gasteiger partial charge in [-0.15, -0.1) is 0 Å². The lowest BCUT2D eigenvalue weighted by Crippen LogP contribution is -2.44. The van der Waals surface area contributed by atoms with Crippen LogP contribution in [0.5, 0.6) is 5.75 Å². The molecule has 1 aliphatic heterocycles. The van der Waals surface area contributed by atoms with Crippen LogP contribution < -0.4 is 9.64 Å². The highest BCUT2D eigenvalue weighted by Crippen LogP contribution is 2.35. The molecule has 0 atom stereocenters. The van der Waals surface area contributed by atoms with Gasteiger partial charge in [-0.25, -0.2) is 14.4 Å². The average molecular weight is 553 g/mol. The van der Waals surface area contributed by atoms with Crippen LogP contribution >= 0.6 is 0 Å². The predicted octanol–water partition coefficient (Wildman–Crippen LogP) is 6.21. The molecule has 1 saturated heterocycles. The van der Waals surface area contributed by atoms with Crippen molar-refractivity contribution in [3.8, 4) is 16.9 Å². The number of aromatic nitrogens is 3. The molecule has 0 aliphatic carbocycles. The summed E-state index contributed by atoms with van der Waals surface area (Å²) in [6.07, 6.45) is 4.92. The standard InChI is InChI=1S/C30H31F3N4O3/c1-4-39-28(38)30(3)11-13-36(14-12-30)27-23(31)15-22(17-34-27)21-9-10-26-35-19(2)24(37(26)18-21)16-20-7-5-6-8-25(20)40-29(32)33/h5-10,15,17-18,29H,4,11-14,16H2,1-3H3. The molecule has 5 rings (SSSR count). The van der Waals surface area contributed by atoms with Crippen LogP contribution in [0, 0.1) is 18.2 Å². The molecule has 0 unspecified atom stereocenters. The molecule has 4 heterocycles. The summed E-state index contributed by atoms with van der Waals surface area (Å²) < 4.78 is 53.0. The van der Waals surface area contributed by atoms with Gasteiger partial charge in [0.05, 0.1) is 17.7 Å². The van der Waals surface area contributed by atoms with Crippen LogP contribution in [0.1, 0.15) is 43.6 Å². The number of aryl methyl sites for hydroxylation is 1. The van der Waals surface area contributed by atoms with Gasteiger partial charge in [-0.3, -0.25) is 4.79 Å². The van der Waals surface area contributed by atoms with Crippen molar-refractivity contribution < 1.29 is 27.4 Å². The molecule has 0 amide bonds. The van der Waals surface area contributed by atoms with Crippen molar-refractivity contribution in [2.75, 3.05) is 24.6 Å². The zero-order chi connectivity index (χ0) is 28.4. The van der Waals surface area contributed by atoms with Crippen molar-refractivity contribution >= 4 is 17.4 Å². The molecule has 40 heavy (non-hydrogen) atoms. The fraction of sp³-hybridized carbons (Fsp3) is 0.367. The van der Waals surface area contributed by atoms with Crippen LogP contribution in [-0.2, 0) is 16.0 Å². The maximum Gasteiger partial charge on any atom is 0.387 e. The number of fused-ring (bicyclic) bond motifs is 1. The molecular weight excluding hydrogens is 521 g/mol. The molecule has 1 aliphatic rings. The first-order valence-electron chi connectivity index (χ1n) is 13.3. The van der Waals surface area contributed by atoms with Crippen LogP contribution in [-0.4, -0.2) is 46.6 Å². The molecule has 1 aromatic carbocycles. The molecule has 1 fully saturated rings. The Bertz CT molecular complexity index is 1530. The molecule has 0 radical (unpaired) electrons. The van der Waals surface area contributed by atoms with Crippen LogP contribution in [0.15, 0.2) is 54.9 Å². The highest BCUT2D eigenvalue weighted by molar-refractivity contribution is 5.77. The van der Waals surface area contributed by atoms with E-state index in [2.05, 4.69) is 9.97 Å². The van der Waals surface area contributed by atoms with Gasteiger partial charge < -0.3 is 18.8 Å². The number of pyridine rings is 2. The Kier molecular flexibility index (Phi) is 7.69. The SMILES string of the molecule is CCOC(=O)C1(C)CCN(c2ncc(-c3ccc4nc(C)c(Cc5ccccc5OC(F)F)n4c3)cc2F)CC1. The third-order valence-electron chi connectivity index (χ3n) is 7.55. The van der Waals surface area contributed by atoms with E-state index in [0.717, 1.165) is 17.0 Å². The number of benzene rings is 1. The maximum atomic E-state index is 15.3. The number of carbonyl (C=O) groups excluding carboxylic acids is 1. The smallest absolute Gasteiger partial charge is 0.387 e. The van der Waals surface area contributed by atoms with Gasteiger partial charge in [-0.1, -0.05) is 18.2 Å². The summed E-state index contributed by atoms with van der Waals surface area (Å²) in [6.45, 7) is 3.95. The number of esters is 1. The molecule has 0 N–H and O–H groups in total. The van der Waals surface area contributed by atoms with Crippen molar-refractivity contribution in [3.05, 3.63) is 77.6 Å². The Morgan fingerprint density at radius 3 is 2.58 bits per heavy atom. The summed E-state index contributed by atoms with van der Waals surface area (Å²) >= 11 is 0. The lowest BCUT2D eigenvalue weighted by atomic mass is 9.80. The molecule has 0 bridgehead atoms. The molecular formula is C30H31F3N4O3. The minimum absolute atomic E-state index is 0.116. The molecule has 7 nitrogen and oxygen atoms in total. The van der Waals surface area contributed by atoms with Gasteiger partial charge in [0.1, 0.15) is 11.4 Å². The van der Waals surface area contributed by atoms with E-state index in [0.29, 0.717) is 55.7 Å². The lowest BCUT2D eigenvalue weighted by Gasteiger charge is -2.38. The number of rotatable bonds is 8. The number of hydrogen-bond donors (Lipinski definition) is 0. The normalized spacial score (nSPS) is 15.0. The van der Waals surface area contributed by atoms with E-state index in [1.165, 1.54) is 12.1 Å². The number of imidazole rings is 1. The Labute approximate surface area is 230 Å². The van der Waals surface area contributed by atoms with Crippen LogP contribution in [0.4, 0.5) is 19.0 Å². The monoisotopic (exact) mass is 552 g/mol. The second kappa shape index (κ2) is 11.2. The highest BCUT2D eigenvalue weighted by Gasteiger charge is 2.39. The second-order valence-electron chi connectivity index (χ2n) is 10.3. The summed E-state index contributed by atoms with van der Waals surface area (Å²) in [5.41, 5.74) is 3.60. The van der Waals surface area contributed by atoms with Gasteiger partial charge in [0, 0.05) is 54.3 Å². The van der Waals surface area contributed by atoms with Gasteiger partial charge in [0.25, 0.3) is 0 Å². The summed E-state index contributed by atoms with van der Waals surface area (Å²) in [5, 5.41) is 0. The van der Waals surface area contributed by atoms with E-state index in [9.17, 15) is 13.6 Å².